The normalized spacial score (nSPS) is 23.5. The highest BCUT2D eigenvalue weighted by molar-refractivity contribution is 7.89. The van der Waals surface area contributed by atoms with Crippen LogP contribution < -0.4 is 10.1 Å². The molecule has 3 atom stereocenters. The Balaban J connectivity index is 2.03. The van der Waals surface area contributed by atoms with Crippen LogP contribution >= 0.6 is 0 Å². The summed E-state index contributed by atoms with van der Waals surface area (Å²) >= 11 is 0. The third kappa shape index (κ3) is 4.53. The summed E-state index contributed by atoms with van der Waals surface area (Å²) in [5.41, 5.74) is -2.97. The Morgan fingerprint density at radius 3 is 2.48 bits per heavy atom. The number of nitrogens with zero attached hydrogens (tertiary/aromatic N) is 2. The smallest absolute Gasteiger partial charge is 0.417 e. The van der Waals surface area contributed by atoms with Crippen LogP contribution in [0.1, 0.15) is 30.5 Å². The van der Waals surface area contributed by atoms with E-state index in [1.165, 1.54) is 6.92 Å². The number of benzene rings is 1. The number of carbonyl (C=O) groups excluding carboxylic acids is 1. The second kappa shape index (κ2) is 8.24. The van der Waals surface area contributed by atoms with Crippen LogP contribution in [0.2, 0.25) is 0 Å². The van der Waals surface area contributed by atoms with E-state index < -0.39 is 63.5 Å². The molecule has 0 saturated carbocycles. The minimum atomic E-state index is -4.89. The third-order valence-corrected chi connectivity index (χ3v) is 6.25. The maximum atomic E-state index is 14.3. The summed E-state index contributed by atoms with van der Waals surface area (Å²) in [4.78, 5) is 13.0. The maximum absolute atomic E-state index is 14.3. The molecule has 33 heavy (non-hydrogen) atoms. The standard InChI is InChI=1S/C19H20F5N3O5S/c1-9-13(8-27(26-9)33(4,29)30)25-17(28)16-11(7-18(2,32-16)19(22,23)24)10-5-6-12(20)14(21)15(10)31-3/h5-6,8,11,16H,7H2,1-4H3,(H,25,28)/t11-,16+,18+/m1/s1. The van der Waals surface area contributed by atoms with Gasteiger partial charge in [-0.05, 0) is 26.3 Å². The Labute approximate surface area is 185 Å². The summed E-state index contributed by atoms with van der Waals surface area (Å²) in [7, 11) is -2.78. The number of aryl methyl sites for hydroxylation is 1. The van der Waals surface area contributed by atoms with Crippen molar-refractivity contribution in [3.05, 3.63) is 41.2 Å². The van der Waals surface area contributed by atoms with E-state index in [1.807, 2.05) is 0 Å². The lowest BCUT2D eigenvalue weighted by molar-refractivity contribution is -0.261. The first-order valence-electron chi connectivity index (χ1n) is 9.43. The van der Waals surface area contributed by atoms with Crippen LogP contribution in [-0.2, 0) is 19.6 Å². The zero-order chi connectivity index (χ0) is 24.9. The molecule has 3 rings (SSSR count). The fraction of sp³-hybridized carbons (Fsp3) is 0.474. The van der Waals surface area contributed by atoms with Crippen LogP contribution in [-0.4, -0.2) is 54.8 Å². The minimum absolute atomic E-state index is 0.0762. The molecule has 2 aromatic rings. The minimum Gasteiger partial charge on any atom is -0.493 e. The molecule has 14 heteroatoms. The second-order valence-electron chi connectivity index (χ2n) is 7.81. The summed E-state index contributed by atoms with van der Waals surface area (Å²) < 4.78 is 103. The van der Waals surface area contributed by atoms with Crippen molar-refractivity contribution < 1.29 is 44.6 Å². The molecule has 0 spiro atoms. The summed E-state index contributed by atoms with van der Waals surface area (Å²) in [5.74, 6) is -5.77. The molecule has 1 N–H and O–H groups in total. The highest BCUT2D eigenvalue weighted by Gasteiger charge is 2.61. The van der Waals surface area contributed by atoms with Gasteiger partial charge in [0.25, 0.3) is 15.9 Å². The number of amides is 1. The number of hydrogen-bond acceptors (Lipinski definition) is 6. The van der Waals surface area contributed by atoms with Crippen molar-refractivity contribution in [2.24, 2.45) is 0 Å². The number of alkyl halides is 3. The van der Waals surface area contributed by atoms with Gasteiger partial charge in [-0.3, -0.25) is 4.79 Å². The lowest BCUT2D eigenvalue weighted by Gasteiger charge is -2.27. The van der Waals surface area contributed by atoms with Crippen molar-refractivity contribution >= 4 is 21.6 Å². The average Bonchev–Trinajstić information content (AvgIpc) is 3.24. The molecule has 8 nitrogen and oxygen atoms in total. The molecule has 0 aliphatic carbocycles. The Kier molecular flexibility index (Phi) is 6.21. The Morgan fingerprint density at radius 2 is 1.97 bits per heavy atom. The molecule has 1 aliphatic rings. The highest BCUT2D eigenvalue weighted by Crippen LogP contribution is 2.51. The van der Waals surface area contributed by atoms with Crippen molar-refractivity contribution in [3.63, 3.8) is 0 Å². The van der Waals surface area contributed by atoms with Gasteiger partial charge in [-0.15, -0.1) is 0 Å². The van der Waals surface area contributed by atoms with E-state index in [0.717, 1.165) is 32.6 Å². The zero-order valence-electron chi connectivity index (χ0n) is 17.8. The molecular weight excluding hydrogens is 477 g/mol. The van der Waals surface area contributed by atoms with Crippen molar-refractivity contribution in [3.8, 4) is 5.75 Å². The van der Waals surface area contributed by atoms with Crippen molar-refractivity contribution in [2.45, 2.75) is 44.1 Å². The summed E-state index contributed by atoms with van der Waals surface area (Å²) in [6, 6.07) is 1.74. The molecule has 1 fully saturated rings. The van der Waals surface area contributed by atoms with Crippen molar-refractivity contribution in [2.75, 3.05) is 18.7 Å². The second-order valence-corrected chi connectivity index (χ2v) is 9.65. The fourth-order valence-electron chi connectivity index (χ4n) is 3.61. The SMILES string of the molecule is COc1c([C@H]2C[C@@](C)(C(F)(F)F)O[C@@H]2C(=O)Nc2cn(S(C)(=O)=O)nc2C)ccc(F)c1F. The molecule has 1 aromatic heterocycles. The molecule has 1 saturated heterocycles. The molecular formula is C19H20F5N3O5S. The van der Waals surface area contributed by atoms with Gasteiger partial charge in [-0.2, -0.15) is 26.7 Å². The van der Waals surface area contributed by atoms with Gasteiger partial charge in [0, 0.05) is 11.5 Å². The highest BCUT2D eigenvalue weighted by atomic mass is 32.2. The van der Waals surface area contributed by atoms with Gasteiger partial charge in [0.2, 0.25) is 5.82 Å². The average molecular weight is 497 g/mol. The zero-order valence-corrected chi connectivity index (χ0v) is 18.6. The summed E-state index contributed by atoms with van der Waals surface area (Å²) in [5, 5.41) is 6.05. The van der Waals surface area contributed by atoms with E-state index in [2.05, 4.69) is 10.4 Å². The van der Waals surface area contributed by atoms with Gasteiger partial charge < -0.3 is 14.8 Å². The predicted octanol–water partition coefficient (Wildman–Crippen LogP) is 3.12. The van der Waals surface area contributed by atoms with E-state index >= 15 is 0 Å². The number of halogens is 5. The molecule has 1 aliphatic heterocycles. The van der Waals surface area contributed by atoms with Crippen LogP contribution in [0, 0.1) is 18.6 Å². The van der Waals surface area contributed by atoms with E-state index in [-0.39, 0.29) is 16.9 Å². The third-order valence-electron chi connectivity index (χ3n) is 5.38. The van der Waals surface area contributed by atoms with Crippen LogP contribution in [0.25, 0.3) is 0 Å². The first kappa shape index (κ1) is 24.9. The number of nitrogens with one attached hydrogen (secondary N) is 1. The summed E-state index contributed by atoms with van der Waals surface area (Å²) in [6.45, 7) is 2.12. The number of anilines is 1. The van der Waals surface area contributed by atoms with Crippen LogP contribution in [0.5, 0.6) is 5.75 Å². The van der Waals surface area contributed by atoms with E-state index in [4.69, 9.17) is 9.47 Å². The molecule has 0 bridgehead atoms. The molecule has 1 aromatic carbocycles. The van der Waals surface area contributed by atoms with E-state index in [9.17, 15) is 35.2 Å². The topological polar surface area (TPSA) is 99.5 Å². The molecule has 0 radical (unpaired) electrons. The number of methoxy groups -OCH3 is 1. The predicted molar refractivity (Wildman–Crippen MR) is 105 cm³/mol. The quantitative estimate of drug-likeness (QED) is 0.638. The monoisotopic (exact) mass is 497 g/mol. The number of hydrogen-bond donors (Lipinski definition) is 1. The van der Waals surface area contributed by atoms with Gasteiger partial charge in [-0.25, -0.2) is 12.8 Å². The molecule has 182 valence electrons. The number of ether oxygens (including phenoxy) is 2. The van der Waals surface area contributed by atoms with Crippen LogP contribution in [0.3, 0.4) is 0 Å². The van der Waals surface area contributed by atoms with E-state index in [0.29, 0.717) is 10.2 Å². The van der Waals surface area contributed by atoms with Gasteiger partial charge >= 0.3 is 6.18 Å². The van der Waals surface area contributed by atoms with Crippen molar-refractivity contribution in [1.29, 1.82) is 0 Å². The Morgan fingerprint density at radius 1 is 1.33 bits per heavy atom. The first-order chi connectivity index (χ1) is 15.1. The lowest BCUT2D eigenvalue weighted by atomic mass is 9.85. The van der Waals surface area contributed by atoms with Crippen molar-refractivity contribution in [1.82, 2.24) is 9.19 Å². The van der Waals surface area contributed by atoms with Crippen LogP contribution in [0.4, 0.5) is 27.6 Å². The maximum Gasteiger partial charge on any atom is 0.417 e. The summed E-state index contributed by atoms with van der Waals surface area (Å²) in [6.07, 6.45) is -5.61. The first-order valence-corrected chi connectivity index (χ1v) is 11.3. The number of rotatable bonds is 5. The van der Waals surface area contributed by atoms with Gasteiger partial charge in [0.1, 0.15) is 6.10 Å². The number of carbonyl (C=O) groups is 1. The molecule has 2 heterocycles. The van der Waals surface area contributed by atoms with Gasteiger partial charge in [-0.1, -0.05) is 6.07 Å². The van der Waals surface area contributed by atoms with E-state index in [1.54, 1.807) is 0 Å². The lowest BCUT2D eigenvalue weighted by Crippen LogP contribution is -2.43. The molecule has 1 amide bonds. The Hall–Kier alpha value is -2.74. The Bertz CT molecular complexity index is 1200. The van der Waals surface area contributed by atoms with Gasteiger partial charge in [0.15, 0.2) is 17.2 Å². The largest absolute Gasteiger partial charge is 0.493 e. The number of aromatic nitrogens is 2. The van der Waals surface area contributed by atoms with Crippen LogP contribution in [0.15, 0.2) is 18.3 Å². The fourth-order valence-corrected chi connectivity index (χ4v) is 4.17. The molecule has 0 unspecified atom stereocenters. The van der Waals surface area contributed by atoms with Gasteiger partial charge in [0.05, 0.1) is 30.9 Å².